The standard InChI is InChI=1S/C26H23N3O2S/c30-25(15-21-8-3-7-20-6-1-2-9-24(20)21)28-17-26(31)29-22-10-12-23(13-11-22)32-18-19-5-4-14-27-16-19/h1-14,16H,15,17-18H2,(H,28,30)(H,29,31). The molecule has 0 fully saturated rings. The molecule has 0 atom stereocenters. The van der Waals surface area contributed by atoms with Gasteiger partial charge in [0.2, 0.25) is 11.8 Å². The van der Waals surface area contributed by atoms with Gasteiger partial charge >= 0.3 is 0 Å². The zero-order valence-electron chi connectivity index (χ0n) is 17.5. The zero-order chi connectivity index (χ0) is 22.2. The Balaban J connectivity index is 1.24. The molecule has 3 aromatic carbocycles. The van der Waals surface area contributed by atoms with Gasteiger partial charge in [-0.2, -0.15) is 0 Å². The SMILES string of the molecule is O=C(Cc1cccc2ccccc12)NCC(=O)Nc1ccc(SCc2cccnc2)cc1. The van der Waals surface area contributed by atoms with E-state index in [4.69, 9.17) is 0 Å². The lowest BCUT2D eigenvalue weighted by atomic mass is 10.0. The molecule has 0 saturated carbocycles. The number of hydrogen-bond acceptors (Lipinski definition) is 4. The Morgan fingerprint density at radius 3 is 2.47 bits per heavy atom. The van der Waals surface area contributed by atoms with Crippen LogP contribution in [0.4, 0.5) is 5.69 Å². The van der Waals surface area contributed by atoms with Gasteiger partial charge in [0.15, 0.2) is 0 Å². The molecule has 0 aliphatic carbocycles. The minimum absolute atomic E-state index is 0.0683. The number of aromatic nitrogens is 1. The number of amides is 2. The summed E-state index contributed by atoms with van der Waals surface area (Å²) in [5.74, 6) is 0.396. The van der Waals surface area contributed by atoms with Crippen LogP contribution in [-0.2, 0) is 21.8 Å². The van der Waals surface area contributed by atoms with Crippen LogP contribution in [0.3, 0.4) is 0 Å². The highest BCUT2D eigenvalue weighted by atomic mass is 32.2. The first kappa shape index (κ1) is 21.6. The molecule has 1 heterocycles. The van der Waals surface area contributed by atoms with Crippen molar-refractivity contribution < 1.29 is 9.59 Å². The highest BCUT2D eigenvalue weighted by Gasteiger charge is 2.09. The monoisotopic (exact) mass is 441 g/mol. The molecule has 2 N–H and O–H groups in total. The smallest absolute Gasteiger partial charge is 0.243 e. The van der Waals surface area contributed by atoms with E-state index in [1.807, 2.05) is 85.1 Å². The van der Waals surface area contributed by atoms with Crippen LogP contribution in [-0.4, -0.2) is 23.3 Å². The highest BCUT2D eigenvalue weighted by molar-refractivity contribution is 7.98. The average molecular weight is 442 g/mol. The van der Waals surface area contributed by atoms with Gasteiger partial charge in [0, 0.05) is 28.7 Å². The Morgan fingerprint density at radius 2 is 1.66 bits per heavy atom. The van der Waals surface area contributed by atoms with E-state index in [0.717, 1.165) is 32.5 Å². The van der Waals surface area contributed by atoms with Gasteiger partial charge < -0.3 is 10.6 Å². The van der Waals surface area contributed by atoms with Gasteiger partial charge in [-0.05, 0) is 52.2 Å². The van der Waals surface area contributed by atoms with Crippen molar-refractivity contribution in [3.05, 3.63) is 102 Å². The van der Waals surface area contributed by atoms with E-state index in [-0.39, 0.29) is 24.8 Å². The van der Waals surface area contributed by atoms with E-state index in [2.05, 4.69) is 15.6 Å². The zero-order valence-corrected chi connectivity index (χ0v) is 18.3. The molecule has 0 spiro atoms. The summed E-state index contributed by atoms with van der Waals surface area (Å²) in [5, 5.41) is 7.67. The molecular formula is C26H23N3O2S. The second kappa shape index (κ2) is 10.6. The number of fused-ring (bicyclic) bond motifs is 1. The molecule has 0 bridgehead atoms. The Bertz CT molecular complexity index is 1210. The molecule has 32 heavy (non-hydrogen) atoms. The van der Waals surface area contributed by atoms with Gasteiger partial charge in [0.25, 0.3) is 0 Å². The summed E-state index contributed by atoms with van der Waals surface area (Å²) < 4.78 is 0. The number of anilines is 1. The van der Waals surface area contributed by atoms with E-state index in [1.165, 1.54) is 0 Å². The van der Waals surface area contributed by atoms with Crippen LogP contribution in [0.2, 0.25) is 0 Å². The van der Waals surface area contributed by atoms with Crippen LogP contribution in [0.15, 0.2) is 96.2 Å². The van der Waals surface area contributed by atoms with Crippen molar-refractivity contribution in [2.75, 3.05) is 11.9 Å². The molecule has 4 rings (SSSR count). The number of carbonyl (C=O) groups excluding carboxylic acids is 2. The number of hydrogen-bond donors (Lipinski definition) is 2. The molecule has 0 saturated heterocycles. The molecule has 0 unspecified atom stereocenters. The molecule has 2 amide bonds. The lowest BCUT2D eigenvalue weighted by Crippen LogP contribution is -2.33. The number of benzene rings is 3. The number of carbonyl (C=O) groups is 2. The molecule has 1 aromatic heterocycles. The Morgan fingerprint density at radius 1 is 0.844 bits per heavy atom. The molecule has 0 aliphatic heterocycles. The summed E-state index contributed by atoms with van der Waals surface area (Å²) in [4.78, 5) is 29.8. The minimum atomic E-state index is -0.257. The third kappa shape index (κ3) is 5.95. The first-order chi connectivity index (χ1) is 15.7. The van der Waals surface area contributed by atoms with Crippen LogP contribution < -0.4 is 10.6 Å². The van der Waals surface area contributed by atoms with Crippen molar-refractivity contribution in [1.29, 1.82) is 0 Å². The number of nitrogens with one attached hydrogen (secondary N) is 2. The predicted octanol–water partition coefficient (Wildman–Crippen LogP) is 4.82. The van der Waals surface area contributed by atoms with Gasteiger partial charge in [-0.3, -0.25) is 14.6 Å². The maximum atomic E-state index is 12.3. The second-order valence-electron chi connectivity index (χ2n) is 7.31. The predicted molar refractivity (Wildman–Crippen MR) is 130 cm³/mol. The summed E-state index contributed by atoms with van der Waals surface area (Å²) in [5.41, 5.74) is 2.80. The van der Waals surface area contributed by atoms with Crippen molar-refractivity contribution >= 4 is 40.0 Å². The summed E-state index contributed by atoms with van der Waals surface area (Å²) in [6, 6.07) is 25.5. The maximum Gasteiger partial charge on any atom is 0.243 e. The van der Waals surface area contributed by atoms with Crippen LogP contribution in [0.25, 0.3) is 10.8 Å². The van der Waals surface area contributed by atoms with E-state index in [1.54, 1.807) is 18.0 Å². The Hall–Kier alpha value is -3.64. The molecule has 0 radical (unpaired) electrons. The summed E-state index contributed by atoms with van der Waals surface area (Å²) >= 11 is 1.71. The fourth-order valence-electron chi connectivity index (χ4n) is 3.35. The average Bonchev–Trinajstić information content (AvgIpc) is 2.83. The molecule has 160 valence electrons. The second-order valence-corrected chi connectivity index (χ2v) is 8.36. The quantitative estimate of drug-likeness (QED) is 0.385. The molecule has 6 heteroatoms. The first-order valence-electron chi connectivity index (χ1n) is 10.3. The fraction of sp³-hybridized carbons (Fsp3) is 0.115. The van der Waals surface area contributed by atoms with Gasteiger partial charge in [-0.15, -0.1) is 11.8 Å². The summed E-state index contributed by atoms with van der Waals surface area (Å²) in [6.45, 7) is -0.0683. The van der Waals surface area contributed by atoms with Gasteiger partial charge in [0.1, 0.15) is 0 Å². The molecular weight excluding hydrogens is 418 g/mol. The van der Waals surface area contributed by atoms with Crippen LogP contribution in [0.1, 0.15) is 11.1 Å². The van der Waals surface area contributed by atoms with E-state index >= 15 is 0 Å². The van der Waals surface area contributed by atoms with Crippen molar-refractivity contribution in [1.82, 2.24) is 10.3 Å². The van der Waals surface area contributed by atoms with Gasteiger partial charge in [-0.1, -0.05) is 48.5 Å². The van der Waals surface area contributed by atoms with E-state index in [0.29, 0.717) is 5.69 Å². The number of rotatable bonds is 8. The number of pyridine rings is 1. The minimum Gasteiger partial charge on any atom is -0.347 e. The van der Waals surface area contributed by atoms with Crippen molar-refractivity contribution in [2.45, 2.75) is 17.1 Å². The van der Waals surface area contributed by atoms with E-state index in [9.17, 15) is 9.59 Å². The fourth-order valence-corrected chi connectivity index (χ4v) is 4.18. The third-order valence-corrected chi connectivity index (χ3v) is 6.03. The van der Waals surface area contributed by atoms with Crippen molar-refractivity contribution in [3.8, 4) is 0 Å². The Kier molecular flexibility index (Phi) is 7.15. The van der Waals surface area contributed by atoms with Gasteiger partial charge in [0.05, 0.1) is 13.0 Å². The molecule has 0 aliphatic rings. The maximum absolute atomic E-state index is 12.3. The highest BCUT2D eigenvalue weighted by Crippen LogP contribution is 2.24. The molecule has 5 nitrogen and oxygen atoms in total. The van der Waals surface area contributed by atoms with Crippen LogP contribution in [0, 0.1) is 0 Å². The summed E-state index contributed by atoms with van der Waals surface area (Å²) in [7, 11) is 0. The number of thioether (sulfide) groups is 1. The number of nitrogens with zero attached hydrogens (tertiary/aromatic N) is 1. The van der Waals surface area contributed by atoms with E-state index < -0.39 is 0 Å². The lowest BCUT2D eigenvalue weighted by Gasteiger charge is -2.09. The Labute approximate surface area is 191 Å². The third-order valence-electron chi connectivity index (χ3n) is 4.94. The summed E-state index contributed by atoms with van der Waals surface area (Å²) in [6.07, 6.45) is 3.85. The first-order valence-corrected chi connectivity index (χ1v) is 11.3. The van der Waals surface area contributed by atoms with Crippen molar-refractivity contribution in [2.24, 2.45) is 0 Å². The van der Waals surface area contributed by atoms with Crippen LogP contribution >= 0.6 is 11.8 Å². The topological polar surface area (TPSA) is 71.1 Å². The normalized spacial score (nSPS) is 10.6. The van der Waals surface area contributed by atoms with Gasteiger partial charge in [-0.25, -0.2) is 0 Å². The van der Waals surface area contributed by atoms with Crippen LogP contribution in [0.5, 0.6) is 0 Å². The van der Waals surface area contributed by atoms with Crippen molar-refractivity contribution in [3.63, 3.8) is 0 Å². The molecule has 4 aromatic rings. The lowest BCUT2D eigenvalue weighted by molar-refractivity contribution is -0.123. The largest absolute Gasteiger partial charge is 0.347 e.